The molecule has 1 fully saturated rings. The van der Waals surface area contributed by atoms with E-state index in [0.29, 0.717) is 11.4 Å². The van der Waals surface area contributed by atoms with Gasteiger partial charge in [-0.3, -0.25) is 4.79 Å². The molecule has 23 heavy (non-hydrogen) atoms. The second kappa shape index (κ2) is 7.13. The molecule has 1 N–H and O–H groups in total. The summed E-state index contributed by atoms with van der Waals surface area (Å²) in [6.45, 7) is 2.23. The van der Waals surface area contributed by atoms with E-state index in [-0.39, 0.29) is 5.91 Å². The molecule has 2 aromatic rings. The molecular formula is C18H21N3O2. The number of carbonyl (C=O) groups is 1. The summed E-state index contributed by atoms with van der Waals surface area (Å²) >= 11 is 0. The fourth-order valence-corrected chi connectivity index (χ4v) is 2.75. The third kappa shape index (κ3) is 3.80. The number of nitrogens with zero attached hydrogens (tertiary/aromatic N) is 2. The Hall–Kier alpha value is -2.56. The van der Waals surface area contributed by atoms with E-state index >= 15 is 0 Å². The van der Waals surface area contributed by atoms with Gasteiger partial charge in [0.05, 0.1) is 12.7 Å². The van der Waals surface area contributed by atoms with Gasteiger partial charge in [-0.15, -0.1) is 0 Å². The summed E-state index contributed by atoms with van der Waals surface area (Å²) in [6, 6.07) is 11.4. The molecule has 1 aliphatic heterocycles. The number of benzene rings is 1. The molecule has 0 unspecified atom stereocenters. The minimum absolute atomic E-state index is 0.175. The van der Waals surface area contributed by atoms with Gasteiger partial charge in [0.2, 0.25) is 5.88 Å². The Morgan fingerprint density at radius 1 is 1.09 bits per heavy atom. The van der Waals surface area contributed by atoms with E-state index in [1.165, 1.54) is 31.1 Å². The predicted octanol–water partition coefficient (Wildman–Crippen LogP) is 3.33. The summed E-state index contributed by atoms with van der Waals surface area (Å²) < 4.78 is 4.99. The van der Waals surface area contributed by atoms with Gasteiger partial charge in [0.15, 0.2) is 0 Å². The van der Waals surface area contributed by atoms with E-state index in [0.717, 1.165) is 18.8 Å². The molecule has 120 valence electrons. The van der Waals surface area contributed by atoms with Gasteiger partial charge < -0.3 is 15.0 Å². The van der Waals surface area contributed by atoms with Crippen molar-refractivity contribution in [1.29, 1.82) is 0 Å². The number of methoxy groups -OCH3 is 1. The van der Waals surface area contributed by atoms with Crippen LogP contribution in [0.4, 0.5) is 11.4 Å². The van der Waals surface area contributed by atoms with E-state index < -0.39 is 0 Å². The first-order valence-electron chi connectivity index (χ1n) is 7.93. The molecule has 1 saturated heterocycles. The van der Waals surface area contributed by atoms with Crippen LogP contribution in [0.25, 0.3) is 0 Å². The molecule has 5 heteroatoms. The molecule has 0 radical (unpaired) electrons. The topological polar surface area (TPSA) is 54.5 Å². The van der Waals surface area contributed by atoms with Crippen LogP contribution in [0.3, 0.4) is 0 Å². The van der Waals surface area contributed by atoms with Crippen molar-refractivity contribution in [2.24, 2.45) is 0 Å². The molecule has 3 rings (SSSR count). The number of rotatable bonds is 4. The summed E-state index contributed by atoms with van der Waals surface area (Å²) in [5.41, 5.74) is 2.51. The van der Waals surface area contributed by atoms with E-state index in [1.54, 1.807) is 19.2 Å². The van der Waals surface area contributed by atoms with Crippen molar-refractivity contribution in [2.75, 3.05) is 30.4 Å². The maximum atomic E-state index is 12.2. The van der Waals surface area contributed by atoms with Crippen LogP contribution in [0.5, 0.6) is 5.88 Å². The highest BCUT2D eigenvalue weighted by atomic mass is 16.5. The quantitative estimate of drug-likeness (QED) is 0.941. The van der Waals surface area contributed by atoms with Gasteiger partial charge in [-0.05, 0) is 49.6 Å². The Labute approximate surface area is 136 Å². The lowest BCUT2D eigenvalue weighted by atomic mass is 10.1. The lowest BCUT2D eigenvalue weighted by Crippen LogP contribution is -2.29. The molecule has 0 atom stereocenters. The lowest BCUT2D eigenvalue weighted by molar-refractivity contribution is 0.102. The predicted molar refractivity (Wildman–Crippen MR) is 91.2 cm³/mol. The minimum Gasteiger partial charge on any atom is -0.481 e. The summed E-state index contributed by atoms with van der Waals surface area (Å²) in [6.07, 6.45) is 5.34. The van der Waals surface area contributed by atoms with Gasteiger partial charge in [-0.2, -0.15) is 0 Å². The zero-order valence-corrected chi connectivity index (χ0v) is 13.3. The molecule has 0 aliphatic carbocycles. The van der Waals surface area contributed by atoms with Gasteiger partial charge in [0.1, 0.15) is 0 Å². The first-order valence-corrected chi connectivity index (χ1v) is 7.93. The maximum Gasteiger partial charge on any atom is 0.257 e. The molecular weight excluding hydrogens is 290 g/mol. The molecule has 0 saturated carbocycles. The van der Waals surface area contributed by atoms with Gasteiger partial charge in [0.25, 0.3) is 5.91 Å². The summed E-state index contributed by atoms with van der Waals surface area (Å²) in [5, 5.41) is 2.89. The summed E-state index contributed by atoms with van der Waals surface area (Å²) in [5.74, 6) is 0.318. The van der Waals surface area contributed by atoms with Crippen LogP contribution in [-0.2, 0) is 0 Å². The Bertz CT molecular complexity index is 647. The SMILES string of the molecule is COc1ccc(C(=O)Nc2ccc(N3CCCCC3)cc2)cn1. The number of nitrogens with one attached hydrogen (secondary N) is 1. The van der Waals surface area contributed by atoms with E-state index in [1.807, 2.05) is 12.1 Å². The summed E-state index contributed by atoms with van der Waals surface area (Å²) in [7, 11) is 1.55. The molecule has 1 aliphatic rings. The highest BCUT2D eigenvalue weighted by Crippen LogP contribution is 2.22. The first kappa shape index (κ1) is 15.3. The number of pyridine rings is 1. The second-order valence-corrected chi connectivity index (χ2v) is 5.64. The van der Waals surface area contributed by atoms with Crippen molar-refractivity contribution in [3.63, 3.8) is 0 Å². The van der Waals surface area contributed by atoms with E-state index in [9.17, 15) is 4.79 Å². The molecule has 1 amide bonds. The maximum absolute atomic E-state index is 12.2. The fraction of sp³-hybridized carbons (Fsp3) is 0.333. The van der Waals surface area contributed by atoms with Gasteiger partial charge in [-0.25, -0.2) is 4.98 Å². The Morgan fingerprint density at radius 2 is 1.83 bits per heavy atom. The third-order valence-corrected chi connectivity index (χ3v) is 4.05. The fourth-order valence-electron chi connectivity index (χ4n) is 2.75. The Balaban J connectivity index is 1.63. The van der Waals surface area contributed by atoms with Crippen molar-refractivity contribution in [1.82, 2.24) is 4.98 Å². The Morgan fingerprint density at radius 3 is 2.43 bits per heavy atom. The Kier molecular flexibility index (Phi) is 4.76. The highest BCUT2D eigenvalue weighted by molar-refractivity contribution is 6.04. The van der Waals surface area contributed by atoms with Crippen LogP contribution in [0, 0.1) is 0 Å². The van der Waals surface area contributed by atoms with Crippen molar-refractivity contribution in [3.8, 4) is 5.88 Å². The van der Waals surface area contributed by atoms with Crippen molar-refractivity contribution < 1.29 is 9.53 Å². The molecule has 0 bridgehead atoms. The minimum atomic E-state index is -0.175. The smallest absolute Gasteiger partial charge is 0.257 e. The van der Waals surface area contributed by atoms with Crippen LogP contribution >= 0.6 is 0 Å². The largest absolute Gasteiger partial charge is 0.481 e. The standard InChI is InChI=1S/C18H21N3O2/c1-23-17-10-5-14(13-19-17)18(22)20-15-6-8-16(9-7-15)21-11-3-2-4-12-21/h5-10,13H,2-4,11-12H2,1H3,(H,20,22). The lowest BCUT2D eigenvalue weighted by Gasteiger charge is -2.28. The van der Waals surface area contributed by atoms with Gasteiger partial charge in [-0.1, -0.05) is 0 Å². The van der Waals surface area contributed by atoms with Crippen molar-refractivity contribution in [2.45, 2.75) is 19.3 Å². The van der Waals surface area contributed by atoms with Crippen molar-refractivity contribution >= 4 is 17.3 Å². The van der Waals surface area contributed by atoms with Gasteiger partial charge >= 0.3 is 0 Å². The van der Waals surface area contributed by atoms with Crippen LogP contribution in [-0.4, -0.2) is 31.1 Å². The first-order chi connectivity index (χ1) is 11.3. The van der Waals surface area contributed by atoms with E-state index in [2.05, 4.69) is 27.3 Å². The van der Waals surface area contributed by atoms with Gasteiger partial charge in [0, 0.05) is 36.7 Å². The van der Waals surface area contributed by atoms with Crippen LogP contribution in [0.1, 0.15) is 29.6 Å². The molecule has 5 nitrogen and oxygen atoms in total. The molecule has 1 aromatic carbocycles. The second-order valence-electron chi connectivity index (χ2n) is 5.64. The number of hydrogen-bond acceptors (Lipinski definition) is 4. The zero-order valence-electron chi connectivity index (χ0n) is 13.3. The normalized spacial score (nSPS) is 14.4. The monoisotopic (exact) mass is 311 g/mol. The molecule has 1 aromatic heterocycles. The number of carbonyl (C=O) groups excluding carboxylic acids is 1. The van der Waals surface area contributed by atoms with Crippen LogP contribution in [0.15, 0.2) is 42.6 Å². The average Bonchev–Trinajstić information content (AvgIpc) is 2.63. The average molecular weight is 311 g/mol. The number of anilines is 2. The number of aromatic nitrogens is 1. The van der Waals surface area contributed by atoms with E-state index in [4.69, 9.17) is 4.74 Å². The van der Waals surface area contributed by atoms with Crippen LogP contribution < -0.4 is 15.0 Å². The third-order valence-electron chi connectivity index (χ3n) is 4.05. The van der Waals surface area contributed by atoms with Crippen molar-refractivity contribution in [3.05, 3.63) is 48.2 Å². The number of ether oxygens (including phenoxy) is 1. The number of hydrogen-bond donors (Lipinski definition) is 1. The number of piperidine rings is 1. The van der Waals surface area contributed by atoms with Crippen LogP contribution in [0.2, 0.25) is 0 Å². The number of amides is 1. The highest BCUT2D eigenvalue weighted by Gasteiger charge is 2.11. The molecule has 2 heterocycles. The molecule has 0 spiro atoms. The zero-order chi connectivity index (χ0) is 16.1. The summed E-state index contributed by atoms with van der Waals surface area (Å²) in [4.78, 5) is 18.6.